The van der Waals surface area contributed by atoms with Gasteiger partial charge in [0.05, 0.1) is 17.2 Å². The number of amides is 1. The maximum atomic E-state index is 13.1. The Bertz CT molecular complexity index is 890. The van der Waals surface area contributed by atoms with Crippen LogP contribution in [-0.4, -0.2) is 61.0 Å². The van der Waals surface area contributed by atoms with Crippen LogP contribution in [0.2, 0.25) is 0 Å². The van der Waals surface area contributed by atoms with Crippen LogP contribution in [0.15, 0.2) is 29.3 Å². The van der Waals surface area contributed by atoms with E-state index in [2.05, 4.69) is 25.5 Å². The van der Waals surface area contributed by atoms with E-state index in [0.29, 0.717) is 38.6 Å². The van der Waals surface area contributed by atoms with E-state index in [-0.39, 0.29) is 11.7 Å². The predicted molar refractivity (Wildman–Crippen MR) is 124 cm³/mol. The molecule has 0 unspecified atom stereocenters. The molecule has 1 saturated heterocycles. The molecular weight excluding hydrogens is 415 g/mol. The summed E-state index contributed by atoms with van der Waals surface area (Å²) in [7, 11) is 0. The standard InChI is InChI=1S/C22H31FN6OS/c1-4-24-22(26-15-20-16(2)27-17(3)31-20)25-10-9-21(30)29-13-11-28(12-14-29)19-7-5-18(23)6-8-19/h5-8H,4,9-15H2,1-3H3,(H2,24,25,26). The second-order valence-electron chi connectivity index (χ2n) is 7.46. The quantitative estimate of drug-likeness (QED) is 0.505. The minimum absolute atomic E-state index is 0.135. The molecule has 0 atom stereocenters. The van der Waals surface area contributed by atoms with E-state index in [0.717, 1.165) is 40.9 Å². The fourth-order valence-corrected chi connectivity index (χ4v) is 4.39. The third-order valence-corrected chi connectivity index (χ3v) is 6.24. The summed E-state index contributed by atoms with van der Waals surface area (Å²) in [5.41, 5.74) is 2.02. The Morgan fingerprint density at radius 1 is 1.16 bits per heavy atom. The molecule has 0 saturated carbocycles. The summed E-state index contributed by atoms with van der Waals surface area (Å²) >= 11 is 1.66. The molecule has 2 heterocycles. The zero-order valence-corrected chi connectivity index (χ0v) is 19.3. The van der Waals surface area contributed by atoms with Crippen molar-refractivity contribution in [2.24, 2.45) is 4.99 Å². The van der Waals surface area contributed by atoms with Crippen LogP contribution >= 0.6 is 11.3 Å². The lowest BCUT2D eigenvalue weighted by Crippen LogP contribution is -2.49. The molecule has 0 bridgehead atoms. The fourth-order valence-electron chi connectivity index (χ4n) is 3.52. The van der Waals surface area contributed by atoms with Crippen LogP contribution in [0, 0.1) is 19.7 Å². The molecule has 31 heavy (non-hydrogen) atoms. The number of guanidine groups is 1. The van der Waals surface area contributed by atoms with Gasteiger partial charge in [-0.25, -0.2) is 14.4 Å². The van der Waals surface area contributed by atoms with Crippen LogP contribution in [0.1, 0.15) is 28.9 Å². The van der Waals surface area contributed by atoms with E-state index in [1.54, 1.807) is 23.5 Å². The van der Waals surface area contributed by atoms with Gasteiger partial charge in [0.2, 0.25) is 5.91 Å². The SMILES string of the molecule is CCNC(=NCc1sc(C)nc1C)NCCC(=O)N1CCN(c2ccc(F)cc2)CC1. The van der Waals surface area contributed by atoms with E-state index in [9.17, 15) is 9.18 Å². The van der Waals surface area contributed by atoms with Gasteiger partial charge in [0.1, 0.15) is 5.82 Å². The van der Waals surface area contributed by atoms with Crippen molar-refractivity contribution in [3.8, 4) is 0 Å². The Morgan fingerprint density at radius 2 is 1.87 bits per heavy atom. The molecule has 0 spiro atoms. The van der Waals surface area contributed by atoms with Crippen molar-refractivity contribution in [3.63, 3.8) is 0 Å². The number of aryl methyl sites for hydroxylation is 2. The van der Waals surface area contributed by atoms with E-state index >= 15 is 0 Å². The maximum absolute atomic E-state index is 13.1. The first-order chi connectivity index (χ1) is 15.0. The topological polar surface area (TPSA) is 72.9 Å². The Hall–Kier alpha value is -2.68. The Kier molecular flexibility index (Phi) is 8.22. The molecule has 0 aliphatic carbocycles. The summed E-state index contributed by atoms with van der Waals surface area (Å²) in [5, 5.41) is 7.53. The van der Waals surface area contributed by atoms with E-state index in [1.807, 2.05) is 25.7 Å². The van der Waals surface area contributed by atoms with Gasteiger partial charge in [-0.15, -0.1) is 11.3 Å². The third-order valence-electron chi connectivity index (χ3n) is 5.18. The zero-order valence-electron chi connectivity index (χ0n) is 18.4. The highest BCUT2D eigenvalue weighted by Gasteiger charge is 2.21. The van der Waals surface area contributed by atoms with Crippen molar-refractivity contribution in [1.82, 2.24) is 20.5 Å². The van der Waals surface area contributed by atoms with Gasteiger partial charge in [0.25, 0.3) is 0 Å². The average Bonchev–Trinajstić information content (AvgIpc) is 3.09. The lowest BCUT2D eigenvalue weighted by atomic mass is 10.2. The first kappa shape index (κ1) is 23.0. The summed E-state index contributed by atoms with van der Waals surface area (Å²) in [4.78, 5) is 26.9. The summed E-state index contributed by atoms with van der Waals surface area (Å²) in [6, 6.07) is 6.51. The number of aromatic nitrogens is 1. The van der Waals surface area contributed by atoms with Gasteiger partial charge in [-0.3, -0.25) is 4.79 Å². The van der Waals surface area contributed by atoms with Gasteiger partial charge < -0.3 is 20.4 Å². The largest absolute Gasteiger partial charge is 0.368 e. The molecular formula is C22H31FN6OS. The number of anilines is 1. The number of nitrogens with zero attached hydrogens (tertiary/aromatic N) is 4. The zero-order chi connectivity index (χ0) is 22.2. The molecule has 1 amide bonds. The predicted octanol–water partition coefficient (Wildman–Crippen LogP) is 2.69. The lowest BCUT2D eigenvalue weighted by Gasteiger charge is -2.36. The minimum Gasteiger partial charge on any atom is -0.368 e. The number of thiazole rings is 1. The monoisotopic (exact) mass is 446 g/mol. The number of benzene rings is 1. The maximum Gasteiger partial charge on any atom is 0.224 e. The van der Waals surface area contributed by atoms with Gasteiger partial charge in [-0.1, -0.05) is 0 Å². The number of carbonyl (C=O) groups is 1. The third kappa shape index (κ3) is 6.65. The van der Waals surface area contributed by atoms with Gasteiger partial charge in [0.15, 0.2) is 5.96 Å². The van der Waals surface area contributed by atoms with Gasteiger partial charge >= 0.3 is 0 Å². The number of hydrogen-bond acceptors (Lipinski definition) is 5. The lowest BCUT2D eigenvalue weighted by molar-refractivity contribution is -0.131. The van der Waals surface area contributed by atoms with Crippen molar-refractivity contribution in [2.45, 2.75) is 33.7 Å². The van der Waals surface area contributed by atoms with E-state index in [1.165, 1.54) is 12.1 Å². The number of piperazine rings is 1. The number of rotatable bonds is 7. The van der Waals surface area contributed by atoms with Crippen LogP contribution < -0.4 is 15.5 Å². The van der Waals surface area contributed by atoms with Crippen molar-refractivity contribution in [2.75, 3.05) is 44.2 Å². The molecule has 1 fully saturated rings. The highest BCUT2D eigenvalue weighted by atomic mass is 32.1. The minimum atomic E-state index is -0.233. The smallest absolute Gasteiger partial charge is 0.224 e. The molecule has 9 heteroatoms. The number of nitrogens with one attached hydrogen (secondary N) is 2. The van der Waals surface area contributed by atoms with Crippen LogP contribution in [0.4, 0.5) is 10.1 Å². The van der Waals surface area contributed by atoms with Crippen LogP contribution in [0.5, 0.6) is 0 Å². The Labute approximate surface area is 187 Å². The Morgan fingerprint density at radius 3 is 2.48 bits per heavy atom. The van der Waals surface area contributed by atoms with E-state index in [4.69, 9.17) is 0 Å². The summed E-state index contributed by atoms with van der Waals surface area (Å²) in [6.07, 6.45) is 0.416. The molecule has 7 nitrogen and oxygen atoms in total. The molecule has 1 aliphatic heterocycles. The first-order valence-electron chi connectivity index (χ1n) is 10.7. The molecule has 1 aliphatic rings. The number of carbonyl (C=O) groups excluding carboxylic acids is 1. The average molecular weight is 447 g/mol. The van der Waals surface area contributed by atoms with Crippen LogP contribution in [0.25, 0.3) is 0 Å². The van der Waals surface area contributed by atoms with Gasteiger partial charge in [0, 0.05) is 56.3 Å². The summed E-state index contributed by atoms with van der Waals surface area (Å²) in [6.45, 7) is 10.7. The molecule has 1 aromatic carbocycles. The van der Waals surface area contributed by atoms with Gasteiger partial charge in [-0.2, -0.15) is 0 Å². The van der Waals surface area contributed by atoms with Crippen molar-refractivity contribution < 1.29 is 9.18 Å². The molecule has 1 aromatic heterocycles. The molecule has 0 radical (unpaired) electrons. The fraction of sp³-hybridized carbons (Fsp3) is 0.500. The van der Waals surface area contributed by atoms with Crippen molar-refractivity contribution in [3.05, 3.63) is 45.7 Å². The van der Waals surface area contributed by atoms with Crippen molar-refractivity contribution in [1.29, 1.82) is 0 Å². The van der Waals surface area contributed by atoms with Crippen LogP contribution in [0.3, 0.4) is 0 Å². The van der Waals surface area contributed by atoms with Crippen molar-refractivity contribution >= 4 is 28.9 Å². The highest BCUT2D eigenvalue weighted by molar-refractivity contribution is 7.11. The van der Waals surface area contributed by atoms with Gasteiger partial charge in [-0.05, 0) is 45.0 Å². The highest BCUT2D eigenvalue weighted by Crippen LogP contribution is 2.18. The first-order valence-corrected chi connectivity index (χ1v) is 11.5. The van der Waals surface area contributed by atoms with E-state index < -0.39 is 0 Å². The van der Waals surface area contributed by atoms with Crippen LogP contribution in [-0.2, 0) is 11.3 Å². The molecule has 2 N–H and O–H groups in total. The molecule has 168 valence electrons. The second-order valence-corrected chi connectivity index (χ2v) is 8.75. The number of halogens is 1. The summed E-state index contributed by atoms with van der Waals surface area (Å²) in [5.74, 6) is 0.612. The second kappa shape index (κ2) is 11.1. The normalized spacial score (nSPS) is 14.6. The molecule has 2 aromatic rings. The summed E-state index contributed by atoms with van der Waals surface area (Å²) < 4.78 is 13.1. The molecule has 3 rings (SSSR count). The number of hydrogen-bond donors (Lipinski definition) is 2. The Balaban J connectivity index is 1.43. The number of aliphatic imine (C=N–C) groups is 1.